The summed E-state index contributed by atoms with van der Waals surface area (Å²) in [5.41, 5.74) is 2.34. The quantitative estimate of drug-likeness (QED) is 0.784. The number of hydrogen-bond acceptors (Lipinski definition) is 2. The van der Waals surface area contributed by atoms with Crippen LogP contribution in [0, 0.1) is 12.7 Å². The number of halogens is 1. The third kappa shape index (κ3) is 2.91. The lowest BCUT2D eigenvalue weighted by atomic mass is 10.1. The fourth-order valence-corrected chi connectivity index (χ4v) is 1.45. The second-order valence-corrected chi connectivity index (χ2v) is 3.80. The maximum atomic E-state index is 12.7. The van der Waals surface area contributed by atoms with E-state index >= 15 is 0 Å². The lowest BCUT2D eigenvalue weighted by Crippen LogP contribution is -1.83. The molecule has 0 unspecified atom stereocenters. The number of phenolic OH excluding ortho intramolecular Hbond substituents is 1. The summed E-state index contributed by atoms with van der Waals surface area (Å²) in [5.74, 6) is -0.108. The molecule has 0 saturated carbocycles. The van der Waals surface area contributed by atoms with Crippen molar-refractivity contribution in [1.82, 2.24) is 0 Å². The Balaban J connectivity index is 2.25. The van der Waals surface area contributed by atoms with Crippen LogP contribution in [0.1, 0.15) is 11.1 Å². The van der Waals surface area contributed by atoms with Crippen molar-refractivity contribution >= 4 is 11.9 Å². The normalized spacial score (nSPS) is 10.9. The number of hydrogen-bond donors (Lipinski definition) is 1. The molecule has 0 fully saturated rings. The highest BCUT2D eigenvalue weighted by atomic mass is 19.1. The first-order valence-corrected chi connectivity index (χ1v) is 5.24. The Labute approximate surface area is 99.1 Å². The molecule has 86 valence electrons. The minimum Gasteiger partial charge on any atom is -0.507 e. The van der Waals surface area contributed by atoms with Crippen LogP contribution in [0.4, 0.5) is 10.1 Å². The van der Waals surface area contributed by atoms with Crippen molar-refractivity contribution in [3.63, 3.8) is 0 Å². The standard InChI is InChI=1S/C14H12FNO/c1-10-2-7-14(17)11(8-10)9-16-13-5-3-12(15)4-6-13/h2-9,17H,1H3. The molecular formula is C14H12FNO. The van der Waals surface area contributed by atoms with Crippen LogP contribution in [-0.2, 0) is 0 Å². The minimum atomic E-state index is -0.289. The molecular weight excluding hydrogens is 217 g/mol. The van der Waals surface area contributed by atoms with Crippen LogP contribution < -0.4 is 0 Å². The highest BCUT2D eigenvalue weighted by Gasteiger charge is 1.97. The van der Waals surface area contributed by atoms with E-state index < -0.39 is 0 Å². The molecule has 0 aromatic heterocycles. The van der Waals surface area contributed by atoms with E-state index in [1.54, 1.807) is 24.4 Å². The maximum Gasteiger partial charge on any atom is 0.124 e. The van der Waals surface area contributed by atoms with Gasteiger partial charge in [-0.3, -0.25) is 4.99 Å². The Morgan fingerprint density at radius 1 is 1.12 bits per heavy atom. The molecule has 0 aliphatic rings. The van der Waals surface area contributed by atoms with Crippen molar-refractivity contribution in [3.05, 3.63) is 59.4 Å². The van der Waals surface area contributed by atoms with E-state index in [9.17, 15) is 9.50 Å². The van der Waals surface area contributed by atoms with Gasteiger partial charge in [-0.2, -0.15) is 0 Å². The van der Waals surface area contributed by atoms with Gasteiger partial charge in [-0.25, -0.2) is 4.39 Å². The second-order valence-electron chi connectivity index (χ2n) is 3.80. The highest BCUT2D eigenvalue weighted by Crippen LogP contribution is 2.18. The number of aliphatic imine (C=N–C) groups is 1. The van der Waals surface area contributed by atoms with Gasteiger partial charge in [0.1, 0.15) is 11.6 Å². The summed E-state index contributed by atoms with van der Waals surface area (Å²) < 4.78 is 12.7. The zero-order chi connectivity index (χ0) is 12.3. The molecule has 2 rings (SSSR count). The lowest BCUT2D eigenvalue weighted by molar-refractivity contribution is 0.474. The number of aryl methyl sites for hydroxylation is 1. The fourth-order valence-electron chi connectivity index (χ4n) is 1.45. The number of rotatable bonds is 2. The topological polar surface area (TPSA) is 32.6 Å². The Morgan fingerprint density at radius 3 is 2.53 bits per heavy atom. The van der Waals surface area contributed by atoms with Gasteiger partial charge in [0.15, 0.2) is 0 Å². The second kappa shape index (κ2) is 4.78. The Bertz CT molecular complexity index is 547. The van der Waals surface area contributed by atoms with E-state index in [0.29, 0.717) is 11.3 Å². The predicted molar refractivity (Wildman–Crippen MR) is 66.5 cm³/mol. The van der Waals surface area contributed by atoms with Crippen LogP contribution >= 0.6 is 0 Å². The lowest BCUT2D eigenvalue weighted by Gasteiger charge is -2.00. The van der Waals surface area contributed by atoms with Crippen LogP contribution in [0.25, 0.3) is 0 Å². The molecule has 0 bridgehead atoms. The molecule has 17 heavy (non-hydrogen) atoms. The first kappa shape index (κ1) is 11.3. The number of nitrogens with zero attached hydrogens (tertiary/aromatic N) is 1. The van der Waals surface area contributed by atoms with Crippen molar-refractivity contribution in [1.29, 1.82) is 0 Å². The van der Waals surface area contributed by atoms with Gasteiger partial charge in [0.25, 0.3) is 0 Å². The molecule has 3 heteroatoms. The van der Waals surface area contributed by atoms with Gasteiger partial charge >= 0.3 is 0 Å². The largest absolute Gasteiger partial charge is 0.507 e. The summed E-state index contributed by atoms with van der Waals surface area (Å²) in [5, 5.41) is 9.61. The average molecular weight is 229 g/mol. The third-order valence-electron chi connectivity index (χ3n) is 2.36. The first-order chi connectivity index (χ1) is 8.15. The molecule has 0 spiro atoms. The number of aromatic hydroxyl groups is 1. The predicted octanol–water partition coefficient (Wildman–Crippen LogP) is 3.59. The van der Waals surface area contributed by atoms with E-state index in [0.717, 1.165) is 5.56 Å². The van der Waals surface area contributed by atoms with E-state index in [-0.39, 0.29) is 11.6 Å². The average Bonchev–Trinajstić information content (AvgIpc) is 2.32. The molecule has 0 aliphatic heterocycles. The molecule has 2 aromatic rings. The molecule has 0 saturated heterocycles. The molecule has 1 N–H and O–H groups in total. The van der Waals surface area contributed by atoms with Crippen molar-refractivity contribution in [3.8, 4) is 5.75 Å². The summed E-state index contributed by atoms with van der Waals surface area (Å²) in [4.78, 5) is 4.17. The van der Waals surface area contributed by atoms with Crippen molar-refractivity contribution < 1.29 is 9.50 Å². The van der Waals surface area contributed by atoms with Crippen LogP contribution in [0.3, 0.4) is 0 Å². The van der Waals surface area contributed by atoms with E-state index in [4.69, 9.17) is 0 Å². The van der Waals surface area contributed by atoms with E-state index in [1.807, 2.05) is 19.1 Å². The van der Waals surface area contributed by atoms with E-state index in [2.05, 4.69) is 4.99 Å². The van der Waals surface area contributed by atoms with Crippen LogP contribution in [0.2, 0.25) is 0 Å². The molecule has 0 atom stereocenters. The van der Waals surface area contributed by atoms with Crippen LogP contribution in [0.15, 0.2) is 47.5 Å². The zero-order valence-electron chi connectivity index (χ0n) is 9.39. The van der Waals surface area contributed by atoms with Gasteiger partial charge in [-0.1, -0.05) is 11.6 Å². The van der Waals surface area contributed by atoms with Crippen molar-refractivity contribution in [2.75, 3.05) is 0 Å². The van der Waals surface area contributed by atoms with Gasteiger partial charge in [-0.05, 0) is 43.3 Å². The summed E-state index contributed by atoms with van der Waals surface area (Å²) in [7, 11) is 0. The molecule has 2 aromatic carbocycles. The number of benzene rings is 2. The Morgan fingerprint density at radius 2 is 1.82 bits per heavy atom. The third-order valence-corrected chi connectivity index (χ3v) is 2.36. The smallest absolute Gasteiger partial charge is 0.124 e. The van der Waals surface area contributed by atoms with Gasteiger partial charge in [0.2, 0.25) is 0 Å². The highest BCUT2D eigenvalue weighted by molar-refractivity contribution is 5.85. The SMILES string of the molecule is Cc1ccc(O)c(C=Nc2ccc(F)cc2)c1. The summed E-state index contributed by atoms with van der Waals surface area (Å²) >= 11 is 0. The summed E-state index contributed by atoms with van der Waals surface area (Å²) in [6, 6.07) is 11.1. The van der Waals surface area contributed by atoms with Crippen molar-refractivity contribution in [2.45, 2.75) is 6.92 Å². The Kier molecular flexibility index (Phi) is 3.19. The first-order valence-electron chi connectivity index (χ1n) is 5.24. The molecule has 0 amide bonds. The molecule has 0 radical (unpaired) electrons. The van der Waals surface area contributed by atoms with Crippen LogP contribution in [-0.4, -0.2) is 11.3 Å². The minimum absolute atomic E-state index is 0.182. The van der Waals surface area contributed by atoms with Crippen molar-refractivity contribution in [2.24, 2.45) is 4.99 Å². The van der Waals surface area contributed by atoms with Gasteiger partial charge in [0, 0.05) is 11.8 Å². The molecule has 2 nitrogen and oxygen atoms in total. The number of phenols is 1. The van der Waals surface area contributed by atoms with Gasteiger partial charge in [-0.15, -0.1) is 0 Å². The maximum absolute atomic E-state index is 12.7. The molecule has 0 aliphatic carbocycles. The monoisotopic (exact) mass is 229 g/mol. The fraction of sp³-hybridized carbons (Fsp3) is 0.0714. The summed E-state index contributed by atoms with van der Waals surface area (Å²) in [6.07, 6.45) is 1.57. The van der Waals surface area contributed by atoms with E-state index in [1.165, 1.54) is 12.1 Å². The van der Waals surface area contributed by atoms with Gasteiger partial charge < -0.3 is 5.11 Å². The molecule has 0 heterocycles. The zero-order valence-corrected chi connectivity index (χ0v) is 9.39. The summed E-state index contributed by atoms with van der Waals surface area (Å²) in [6.45, 7) is 1.94. The van der Waals surface area contributed by atoms with Crippen LogP contribution in [0.5, 0.6) is 5.75 Å². The Hall–Kier alpha value is -2.16. The van der Waals surface area contributed by atoms with Gasteiger partial charge in [0.05, 0.1) is 5.69 Å².